The fourth-order valence-corrected chi connectivity index (χ4v) is 2.70. The van der Waals surface area contributed by atoms with Gasteiger partial charge in [-0.25, -0.2) is 0 Å². The number of benzene rings is 1. The quantitative estimate of drug-likeness (QED) is 0.722. The molecule has 0 fully saturated rings. The van der Waals surface area contributed by atoms with E-state index in [1.54, 1.807) is 6.07 Å². The maximum Gasteiger partial charge on any atom is 0.133 e. The summed E-state index contributed by atoms with van der Waals surface area (Å²) < 4.78 is 0. The minimum atomic E-state index is -0.643. The molecule has 0 aromatic heterocycles. The van der Waals surface area contributed by atoms with Gasteiger partial charge in [0.1, 0.15) is 11.8 Å². The molecule has 0 spiro atoms. The van der Waals surface area contributed by atoms with Crippen LogP contribution in [0.25, 0.3) is 0 Å². The second-order valence-corrected chi connectivity index (χ2v) is 6.12. The van der Waals surface area contributed by atoms with Crippen LogP contribution in [0.15, 0.2) is 12.1 Å². The summed E-state index contributed by atoms with van der Waals surface area (Å²) in [6, 6.07) is 5.20. The Hall–Kier alpha value is -1.57. The number of phenolic OH excluding ortho intramolecular Hbond substituents is 1. The summed E-state index contributed by atoms with van der Waals surface area (Å²) in [5, 5.41) is 32.6. The highest BCUT2D eigenvalue weighted by molar-refractivity contribution is 5.53. The van der Waals surface area contributed by atoms with Crippen molar-refractivity contribution in [1.29, 1.82) is 5.26 Å². The van der Waals surface area contributed by atoms with Crippen LogP contribution in [0.2, 0.25) is 0 Å². The van der Waals surface area contributed by atoms with Crippen LogP contribution in [0.1, 0.15) is 50.0 Å². The van der Waals surface area contributed by atoms with Crippen LogP contribution in [0.4, 0.5) is 0 Å². The second-order valence-electron chi connectivity index (χ2n) is 6.12. The third-order valence-electron chi connectivity index (χ3n) is 3.46. The summed E-state index contributed by atoms with van der Waals surface area (Å²) in [5.41, 5.74) is 1.76. The van der Waals surface area contributed by atoms with Gasteiger partial charge >= 0.3 is 0 Å². The Morgan fingerprint density at radius 1 is 1.37 bits per heavy atom. The second kappa shape index (κ2) is 4.84. The van der Waals surface area contributed by atoms with Gasteiger partial charge in [0.05, 0.1) is 11.7 Å². The molecular formula is C15H20N2O2. The summed E-state index contributed by atoms with van der Waals surface area (Å²) in [5.74, 6) is -0.00400. The first-order valence-electron chi connectivity index (χ1n) is 6.54. The van der Waals surface area contributed by atoms with Crippen LogP contribution in [-0.2, 0) is 6.42 Å². The third kappa shape index (κ3) is 2.73. The van der Waals surface area contributed by atoms with Crippen LogP contribution >= 0.6 is 0 Å². The molecule has 1 aliphatic rings. The van der Waals surface area contributed by atoms with Crippen molar-refractivity contribution in [1.82, 2.24) is 5.32 Å². The number of nitrogens with one attached hydrogen (secondary N) is 1. The number of nitrogens with zero attached hydrogens (tertiary/aromatic N) is 1. The van der Waals surface area contributed by atoms with E-state index in [4.69, 9.17) is 5.26 Å². The molecule has 2 rings (SSSR count). The summed E-state index contributed by atoms with van der Waals surface area (Å²) in [7, 11) is 0. The molecule has 0 saturated carbocycles. The lowest BCUT2D eigenvalue weighted by Crippen LogP contribution is -2.48. The number of rotatable bonds is 1. The number of aliphatic hydroxyl groups excluding tert-OH is 1. The maximum atomic E-state index is 10.4. The van der Waals surface area contributed by atoms with E-state index in [0.717, 1.165) is 17.5 Å². The van der Waals surface area contributed by atoms with Gasteiger partial charge in [-0.15, -0.1) is 0 Å². The Balaban J connectivity index is 2.35. The predicted molar refractivity (Wildman–Crippen MR) is 72.8 cm³/mol. The number of aliphatic hydroxyl groups is 1. The highest BCUT2D eigenvalue weighted by Crippen LogP contribution is 2.35. The summed E-state index contributed by atoms with van der Waals surface area (Å²) in [4.78, 5) is 0. The van der Waals surface area contributed by atoms with Gasteiger partial charge in [-0.2, -0.15) is 5.26 Å². The van der Waals surface area contributed by atoms with Crippen LogP contribution in [-0.4, -0.2) is 21.8 Å². The summed E-state index contributed by atoms with van der Waals surface area (Å²) in [6.45, 7) is 6.19. The molecule has 19 heavy (non-hydrogen) atoms. The molecule has 0 saturated heterocycles. The van der Waals surface area contributed by atoms with Crippen molar-refractivity contribution in [2.75, 3.05) is 0 Å². The number of phenols is 1. The van der Waals surface area contributed by atoms with Crippen LogP contribution < -0.4 is 5.32 Å². The fraction of sp³-hybridized carbons (Fsp3) is 0.533. The van der Waals surface area contributed by atoms with Gasteiger partial charge < -0.3 is 15.5 Å². The average molecular weight is 260 g/mol. The number of hydrogen-bond acceptors (Lipinski definition) is 4. The fourth-order valence-electron chi connectivity index (χ4n) is 2.70. The standard InChI is InChI=1S/C15H20N2O2/c1-15(2,3)17-12-6-4-9-10(14(12)19)5-7-13(18)11(9)8-16/h5,7,12,14,17-19H,4,6H2,1-3H3/t12-,14-/m0/s1. The minimum Gasteiger partial charge on any atom is -0.507 e. The molecule has 0 unspecified atom stereocenters. The van der Waals surface area contributed by atoms with Crippen molar-refractivity contribution in [2.45, 2.75) is 51.3 Å². The van der Waals surface area contributed by atoms with Gasteiger partial charge in [0.25, 0.3) is 0 Å². The molecule has 102 valence electrons. The van der Waals surface area contributed by atoms with E-state index < -0.39 is 6.10 Å². The van der Waals surface area contributed by atoms with Crippen LogP contribution in [0, 0.1) is 11.3 Å². The van der Waals surface area contributed by atoms with Crippen molar-refractivity contribution in [3.05, 3.63) is 28.8 Å². The third-order valence-corrected chi connectivity index (χ3v) is 3.46. The maximum absolute atomic E-state index is 10.4. The highest BCUT2D eigenvalue weighted by atomic mass is 16.3. The van der Waals surface area contributed by atoms with E-state index in [1.807, 2.05) is 6.07 Å². The summed E-state index contributed by atoms with van der Waals surface area (Å²) >= 11 is 0. The SMILES string of the molecule is CC(C)(C)N[C@H]1CCc2c(ccc(O)c2C#N)[C@@H]1O. The molecule has 0 heterocycles. The average Bonchev–Trinajstić information content (AvgIpc) is 2.31. The molecule has 1 aromatic carbocycles. The zero-order valence-electron chi connectivity index (χ0n) is 11.6. The number of nitriles is 1. The van der Waals surface area contributed by atoms with Gasteiger partial charge in [0.2, 0.25) is 0 Å². The molecule has 4 nitrogen and oxygen atoms in total. The first-order valence-corrected chi connectivity index (χ1v) is 6.54. The van der Waals surface area contributed by atoms with Gasteiger partial charge in [0.15, 0.2) is 0 Å². The van der Waals surface area contributed by atoms with Crippen molar-refractivity contribution < 1.29 is 10.2 Å². The smallest absolute Gasteiger partial charge is 0.133 e. The van der Waals surface area contributed by atoms with Crippen LogP contribution in [0.5, 0.6) is 5.75 Å². The molecule has 4 heteroatoms. The van der Waals surface area contributed by atoms with Crippen molar-refractivity contribution in [2.24, 2.45) is 0 Å². The molecule has 0 aliphatic heterocycles. The number of fused-ring (bicyclic) bond motifs is 1. The van der Waals surface area contributed by atoms with Gasteiger partial charge in [-0.1, -0.05) is 6.07 Å². The lowest BCUT2D eigenvalue weighted by Gasteiger charge is -2.36. The molecule has 0 bridgehead atoms. The lowest BCUT2D eigenvalue weighted by atomic mass is 9.82. The molecular weight excluding hydrogens is 240 g/mol. The van der Waals surface area contributed by atoms with Crippen molar-refractivity contribution >= 4 is 0 Å². The Morgan fingerprint density at radius 3 is 2.63 bits per heavy atom. The van der Waals surface area contributed by atoms with Gasteiger partial charge in [-0.3, -0.25) is 0 Å². The van der Waals surface area contributed by atoms with Gasteiger partial charge in [0, 0.05) is 11.6 Å². The predicted octanol–water partition coefficient (Wildman–Crippen LogP) is 2.00. The van der Waals surface area contributed by atoms with E-state index in [-0.39, 0.29) is 17.3 Å². The Kier molecular flexibility index (Phi) is 3.53. The molecule has 0 amide bonds. The first-order chi connectivity index (χ1) is 8.83. The monoisotopic (exact) mass is 260 g/mol. The lowest BCUT2D eigenvalue weighted by molar-refractivity contribution is 0.0999. The number of hydrogen-bond donors (Lipinski definition) is 3. The molecule has 2 atom stereocenters. The zero-order valence-corrected chi connectivity index (χ0v) is 11.6. The molecule has 3 N–H and O–H groups in total. The van der Waals surface area contributed by atoms with Crippen LogP contribution in [0.3, 0.4) is 0 Å². The molecule has 1 aliphatic carbocycles. The van der Waals surface area contributed by atoms with E-state index in [1.165, 1.54) is 6.07 Å². The Morgan fingerprint density at radius 2 is 2.05 bits per heavy atom. The van der Waals surface area contributed by atoms with E-state index in [0.29, 0.717) is 12.0 Å². The highest BCUT2D eigenvalue weighted by Gasteiger charge is 2.32. The zero-order chi connectivity index (χ0) is 14.2. The Labute approximate surface area is 113 Å². The topological polar surface area (TPSA) is 76.3 Å². The van der Waals surface area contributed by atoms with E-state index >= 15 is 0 Å². The number of aromatic hydroxyl groups is 1. The van der Waals surface area contributed by atoms with E-state index in [9.17, 15) is 10.2 Å². The Bertz CT molecular complexity index is 526. The van der Waals surface area contributed by atoms with Crippen molar-refractivity contribution in [3.63, 3.8) is 0 Å². The van der Waals surface area contributed by atoms with Gasteiger partial charge in [-0.05, 0) is 50.8 Å². The molecule has 1 aromatic rings. The largest absolute Gasteiger partial charge is 0.507 e. The summed E-state index contributed by atoms with van der Waals surface area (Å²) in [6.07, 6.45) is 0.803. The van der Waals surface area contributed by atoms with E-state index in [2.05, 4.69) is 26.1 Å². The normalized spacial score (nSPS) is 22.7. The molecule has 0 radical (unpaired) electrons. The first kappa shape index (κ1) is 13.9. The van der Waals surface area contributed by atoms with Crippen molar-refractivity contribution in [3.8, 4) is 11.8 Å². The minimum absolute atomic E-state index is 0.00400.